The van der Waals surface area contributed by atoms with Gasteiger partial charge in [-0.15, -0.1) is 0 Å². The summed E-state index contributed by atoms with van der Waals surface area (Å²) in [6.07, 6.45) is 4.25. The van der Waals surface area contributed by atoms with Gasteiger partial charge in [0.25, 0.3) is 0 Å². The van der Waals surface area contributed by atoms with Crippen molar-refractivity contribution in [2.24, 2.45) is 0 Å². The molecule has 2 aliphatic carbocycles. The van der Waals surface area contributed by atoms with Crippen LogP contribution in [-0.2, 0) is 25.7 Å². The van der Waals surface area contributed by atoms with Gasteiger partial charge in [0.2, 0.25) is 0 Å². The van der Waals surface area contributed by atoms with Crippen LogP contribution in [0.15, 0.2) is 60.7 Å². The molecule has 0 saturated heterocycles. The zero-order valence-corrected chi connectivity index (χ0v) is 18.5. The fraction of sp³-hybridized carbons (Fsp3) is 0.200. The van der Waals surface area contributed by atoms with Gasteiger partial charge in [0.15, 0.2) is 0 Å². The topological polar surface area (TPSA) is 25.8 Å². The van der Waals surface area contributed by atoms with Crippen molar-refractivity contribution in [3.8, 4) is 22.5 Å². The quantitative estimate of drug-likeness (QED) is 0.276. The fourth-order valence-electron chi connectivity index (χ4n) is 5.95. The Balaban J connectivity index is 1.47. The van der Waals surface area contributed by atoms with Crippen molar-refractivity contribution in [3.63, 3.8) is 0 Å². The molecule has 7 rings (SSSR count). The minimum absolute atomic E-state index is 1.06. The Morgan fingerprint density at radius 3 is 1.47 bits per heavy atom. The third-order valence-electron chi connectivity index (χ3n) is 7.69. The minimum Gasteiger partial charge on any atom is -0.247 e. The van der Waals surface area contributed by atoms with E-state index in [4.69, 9.17) is 9.97 Å². The van der Waals surface area contributed by atoms with Crippen molar-refractivity contribution >= 4 is 21.8 Å². The maximum absolute atomic E-state index is 5.15. The third kappa shape index (κ3) is 2.41. The summed E-state index contributed by atoms with van der Waals surface area (Å²) >= 11 is 0. The van der Waals surface area contributed by atoms with Crippen LogP contribution in [0.25, 0.3) is 44.3 Å². The van der Waals surface area contributed by atoms with Crippen LogP contribution in [0, 0.1) is 13.8 Å². The van der Waals surface area contributed by atoms with Crippen LogP contribution < -0.4 is 0 Å². The van der Waals surface area contributed by atoms with Gasteiger partial charge < -0.3 is 0 Å². The van der Waals surface area contributed by atoms with Gasteiger partial charge in [-0.1, -0.05) is 36.4 Å². The first-order valence-electron chi connectivity index (χ1n) is 11.6. The normalized spacial score (nSPS) is 14.1. The number of pyridine rings is 2. The summed E-state index contributed by atoms with van der Waals surface area (Å²) in [6.45, 7) is 4.53. The Hall–Kier alpha value is -3.52. The number of fused-ring (bicyclic) bond motifs is 8. The van der Waals surface area contributed by atoms with Gasteiger partial charge in [-0.3, -0.25) is 0 Å². The van der Waals surface area contributed by atoms with E-state index in [-0.39, 0.29) is 0 Å². The monoisotopic (exact) mass is 412 g/mol. The smallest absolute Gasteiger partial charge is 0.0747 e. The highest BCUT2D eigenvalue weighted by atomic mass is 14.7. The summed E-state index contributed by atoms with van der Waals surface area (Å²) in [6, 6.07) is 22.0. The molecule has 32 heavy (non-hydrogen) atoms. The molecule has 0 amide bonds. The summed E-state index contributed by atoms with van der Waals surface area (Å²) in [5.41, 5.74) is 15.7. The predicted molar refractivity (Wildman–Crippen MR) is 132 cm³/mol. The Morgan fingerprint density at radius 2 is 1.00 bits per heavy atom. The van der Waals surface area contributed by atoms with E-state index < -0.39 is 0 Å². The second-order valence-corrected chi connectivity index (χ2v) is 9.33. The molecule has 2 heteroatoms. The predicted octanol–water partition coefficient (Wildman–Crippen LogP) is 6.93. The van der Waals surface area contributed by atoms with Crippen molar-refractivity contribution in [1.82, 2.24) is 9.97 Å². The largest absolute Gasteiger partial charge is 0.247 e. The number of hydrogen-bond acceptors (Lipinski definition) is 2. The summed E-state index contributed by atoms with van der Waals surface area (Å²) in [4.78, 5) is 10.3. The summed E-state index contributed by atoms with van der Waals surface area (Å²) in [5.74, 6) is 0. The molecule has 0 atom stereocenters. The van der Waals surface area contributed by atoms with E-state index >= 15 is 0 Å². The zero-order chi connectivity index (χ0) is 21.4. The van der Waals surface area contributed by atoms with Crippen molar-refractivity contribution in [2.75, 3.05) is 0 Å². The summed E-state index contributed by atoms with van der Waals surface area (Å²) in [5, 5.41) is 2.57. The lowest BCUT2D eigenvalue weighted by Gasteiger charge is -2.27. The second-order valence-electron chi connectivity index (χ2n) is 9.33. The maximum atomic E-state index is 5.15. The van der Waals surface area contributed by atoms with Crippen LogP contribution in [0.4, 0.5) is 0 Å². The molecule has 0 fully saturated rings. The van der Waals surface area contributed by atoms with E-state index in [1.54, 1.807) is 0 Å². The molecule has 2 aliphatic rings. The molecule has 3 aromatic carbocycles. The van der Waals surface area contributed by atoms with Gasteiger partial charge in [-0.2, -0.15) is 0 Å². The Morgan fingerprint density at radius 1 is 0.562 bits per heavy atom. The van der Waals surface area contributed by atoms with Crippen LogP contribution in [0.3, 0.4) is 0 Å². The summed E-state index contributed by atoms with van der Waals surface area (Å²) < 4.78 is 0. The highest BCUT2D eigenvalue weighted by molar-refractivity contribution is 5.91. The number of para-hydroxylation sites is 2. The Labute approximate surface area is 188 Å². The van der Waals surface area contributed by atoms with Crippen molar-refractivity contribution in [2.45, 2.75) is 39.5 Å². The lowest BCUT2D eigenvalue weighted by Crippen LogP contribution is -2.13. The van der Waals surface area contributed by atoms with Crippen LogP contribution in [0.2, 0.25) is 0 Å². The number of aromatic nitrogens is 2. The molecule has 2 heterocycles. The zero-order valence-electron chi connectivity index (χ0n) is 18.5. The van der Waals surface area contributed by atoms with Gasteiger partial charge in [-0.05, 0) is 97.2 Å². The van der Waals surface area contributed by atoms with Crippen LogP contribution >= 0.6 is 0 Å². The van der Waals surface area contributed by atoms with Crippen LogP contribution in [0.5, 0.6) is 0 Å². The molecule has 0 spiro atoms. The van der Waals surface area contributed by atoms with Gasteiger partial charge >= 0.3 is 0 Å². The van der Waals surface area contributed by atoms with Crippen LogP contribution in [0.1, 0.15) is 33.4 Å². The lowest BCUT2D eigenvalue weighted by molar-refractivity contribution is 0.898. The van der Waals surface area contributed by atoms with Gasteiger partial charge in [-0.25, -0.2) is 9.97 Å². The van der Waals surface area contributed by atoms with E-state index in [9.17, 15) is 0 Å². The molecule has 2 nitrogen and oxygen atoms in total. The fourth-order valence-corrected chi connectivity index (χ4v) is 5.95. The van der Waals surface area contributed by atoms with Crippen molar-refractivity contribution in [1.29, 1.82) is 0 Å². The second kappa shape index (κ2) is 6.49. The average Bonchev–Trinajstić information content (AvgIpc) is 2.83. The molecule has 0 bridgehead atoms. The first-order chi connectivity index (χ1) is 15.7. The van der Waals surface area contributed by atoms with Gasteiger partial charge in [0, 0.05) is 21.9 Å². The number of rotatable bonds is 0. The van der Waals surface area contributed by atoms with Gasteiger partial charge in [0.1, 0.15) is 0 Å². The molecular weight excluding hydrogens is 388 g/mol. The average molecular weight is 413 g/mol. The van der Waals surface area contributed by atoms with Crippen LogP contribution in [-0.4, -0.2) is 9.97 Å². The van der Waals surface area contributed by atoms with Crippen molar-refractivity contribution < 1.29 is 0 Å². The summed E-state index contributed by atoms with van der Waals surface area (Å²) in [7, 11) is 0. The molecule has 2 aromatic heterocycles. The van der Waals surface area contributed by atoms with E-state index in [1.807, 2.05) is 0 Å². The molecule has 0 radical (unpaired) electrons. The number of hydrogen-bond donors (Lipinski definition) is 0. The first-order valence-corrected chi connectivity index (χ1v) is 11.6. The third-order valence-corrected chi connectivity index (χ3v) is 7.69. The molecular formula is C30H24N2. The van der Waals surface area contributed by atoms with Crippen molar-refractivity contribution in [3.05, 3.63) is 94.0 Å². The van der Waals surface area contributed by atoms with E-state index in [1.165, 1.54) is 66.7 Å². The number of aryl methyl sites for hydroxylation is 4. The van der Waals surface area contributed by atoms with E-state index in [0.717, 1.165) is 36.7 Å². The van der Waals surface area contributed by atoms with Gasteiger partial charge in [0.05, 0.1) is 22.4 Å². The number of nitrogens with zero attached hydrogens (tertiary/aromatic N) is 2. The van der Waals surface area contributed by atoms with E-state index in [2.05, 4.69) is 74.5 Å². The maximum Gasteiger partial charge on any atom is 0.0747 e. The standard InChI is InChI=1S/C30H24N2/c1-17-21-7-3-5-9-27(21)31-29-23(17)13-11-19-16-26-20(15-25(19)29)12-14-24-18(2)22-8-4-6-10-28(22)32-30(24)26/h3-10,15-16H,11-14H2,1-2H3. The SMILES string of the molecule is Cc1c2c(nc3ccccc13)-c1cc3c(cc1CC2)-c1nc2ccccc2c(C)c1CC3. The number of benzene rings is 3. The molecule has 0 unspecified atom stereocenters. The highest BCUT2D eigenvalue weighted by Gasteiger charge is 2.26. The first kappa shape index (κ1) is 18.1. The molecule has 0 saturated carbocycles. The Kier molecular flexibility index (Phi) is 3.67. The molecule has 0 N–H and O–H groups in total. The van der Waals surface area contributed by atoms with E-state index in [0.29, 0.717) is 0 Å². The lowest BCUT2D eigenvalue weighted by atomic mass is 9.79. The molecule has 154 valence electrons. The molecule has 0 aliphatic heterocycles. The minimum atomic E-state index is 1.06. The highest BCUT2D eigenvalue weighted by Crippen LogP contribution is 2.43. The molecule has 5 aromatic rings. The Bertz CT molecular complexity index is 1470.